The number of aryl methyl sites for hydroxylation is 1. The number of nitrogens with zero attached hydrogens (tertiary/aromatic N) is 2. The Labute approximate surface area is 59.3 Å². The van der Waals surface area contributed by atoms with Crippen LogP contribution in [0.5, 0.6) is 0 Å². The van der Waals surface area contributed by atoms with Gasteiger partial charge in [0, 0.05) is 0 Å². The molecule has 9 heavy (non-hydrogen) atoms. The van der Waals surface area contributed by atoms with Crippen molar-refractivity contribution in [3.63, 3.8) is 0 Å². The van der Waals surface area contributed by atoms with Gasteiger partial charge in [-0.1, -0.05) is 0 Å². The summed E-state index contributed by atoms with van der Waals surface area (Å²) >= 11 is 0. The molecule has 1 heterocycles. The first-order valence-electron chi connectivity index (χ1n) is 2.50. The molecule has 0 fully saturated rings. The number of halogens is 1. The van der Waals surface area contributed by atoms with Gasteiger partial charge in [0.25, 0.3) is 0 Å². The number of quaternary nitrogens is 1. The predicted octanol–water partition coefficient (Wildman–Crippen LogP) is -4.14. The highest BCUT2D eigenvalue weighted by Gasteiger charge is 1.94. The lowest BCUT2D eigenvalue weighted by molar-refractivity contribution is -0.388. The molecular formula is C4H9ClN4. The Kier molecular flexibility index (Phi) is 3.19. The summed E-state index contributed by atoms with van der Waals surface area (Å²) in [6, 6.07) is 0. The topological polar surface area (TPSA) is 69.2 Å². The second-order valence-electron chi connectivity index (χ2n) is 1.59. The van der Waals surface area contributed by atoms with Crippen molar-refractivity contribution in [1.82, 2.24) is 15.2 Å². The molecule has 1 aromatic rings. The fourth-order valence-electron chi connectivity index (χ4n) is 0.501. The third-order valence-electron chi connectivity index (χ3n) is 0.867. The van der Waals surface area contributed by atoms with Gasteiger partial charge in [0.2, 0.25) is 5.82 Å². The largest absolute Gasteiger partial charge is 1.00 e. The van der Waals surface area contributed by atoms with Crippen molar-refractivity contribution in [1.29, 1.82) is 0 Å². The molecule has 1 aromatic heterocycles. The van der Waals surface area contributed by atoms with Crippen molar-refractivity contribution in [3.8, 4) is 0 Å². The minimum absolute atomic E-state index is 0. The molecule has 0 aliphatic carbocycles. The van der Waals surface area contributed by atoms with Gasteiger partial charge in [-0.25, -0.2) is 4.98 Å². The number of aromatic nitrogens is 3. The van der Waals surface area contributed by atoms with Gasteiger partial charge in [0.05, 0.1) is 0 Å². The number of rotatable bonds is 1. The average Bonchev–Trinajstić information content (AvgIpc) is 2.14. The van der Waals surface area contributed by atoms with Crippen molar-refractivity contribution in [2.45, 2.75) is 13.5 Å². The minimum atomic E-state index is 0. The summed E-state index contributed by atoms with van der Waals surface area (Å²) in [6.45, 7) is 2.52. The van der Waals surface area contributed by atoms with Crippen molar-refractivity contribution in [2.24, 2.45) is 0 Å². The van der Waals surface area contributed by atoms with Crippen LogP contribution in [0.4, 0.5) is 0 Å². The zero-order valence-corrected chi connectivity index (χ0v) is 5.94. The first-order valence-corrected chi connectivity index (χ1v) is 2.50. The van der Waals surface area contributed by atoms with Crippen LogP contribution in [0.15, 0.2) is 0 Å². The number of H-pyrrole nitrogens is 1. The molecule has 0 unspecified atom stereocenters. The van der Waals surface area contributed by atoms with Crippen LogP contribution in [-0.4, -0.2) is 15.2 Å². The third kappa shape index (κ3) is 1.99. The summed E-state index contributed by atoms with van der Waals surface area (Å²) < 4.78 is 0. The maximum Gasteiger partial charge on any atom is 0.205 e. The lowest BCUT2D eigenvalue weighted by Gasteiger charge is -1.74. The van der Waals surface area contributed by atoms with Crippen molar-refractivity contribution < 1.29 is 18.1 Å². The molecule has 0 aromatic carbocycles. The molecule has 0 bridgehead atoms. The molecule has 0 saturated carbocycles. The van der Waals surface area contributed by atoms with Gasteiger partial charge >= 0.3 is 0 Å². The second kappa shape index (κ2) is 3.42. The van der Waals surface area contributed by atoms with Crippen molar-refractivity contribution in [2.75, 3.05) is 0 Å². The molecule has 0 aliphatic rings. The lowest BCUT2D eigenvalue weighted by atomic mass is 10.6. The number of hydrogen-bond acceptors (Lipinski definition) is 2. The van der Waals surface area contributed by atoms with E-state index < -0.39 is 0 Å². The van der Waals surface area contributed by atoms with Crippen molar-refractivity contribution >= 4 is 0 Å². The molecule has 4 N–H and O–H groups in total. The van der Waals surface area contributed by atoms with Crippen molar-refractivity contribution in [3.05, 3.63) is 11.6 Å². The Morgan fingerprint density at radius 3 is 2.56 bits per heavy atom. The van der Waals surface area contributed by atoms with Crippen LogP contribution in [0.2, 0.25) is 0 Å². The van der Waals surface area contributed by atoms with Crippen LogP contribution in [0, 0.1) is 6.92 Å². The molecule has 5 heteroatoms. The van der Waals surface area contributed by atoms with Gasteiger partial charge < -0.3 is 18.1 Å². The van der Waals surface area contributed by atoms with Crippen LogP contribution in [0.25, 0.3) is 0 Å². The molecule has 0 spiro atoms. The summed E-state index contributed by atoms with van der Waals surface area (Å²) in [7, 11) is 0. The van der Waals surface area contributed by atoms with Gasteiger partial charge in [0.15, 0.2) is 0 Å². The van der Waals surface area contributed by atoms with E-state index >= 15 is 0 Å². The smallest absolute Gasteiger partial charge is 0.205 e. The van der Waals surface area contributed by atoms with Gasteiger partial charge in [-0.15, -0.1) is 0 Å². The van der Waals surface area contributed by atoms with Crippen LogP contribution >= 0.6 is 0 Å². The van der Waals surface area contributed by atoms with E-state index in [4.69, 9.17) is 0 Å². The van der Waals surface area contributed by atoms with Crippen LogP contribution in [-0.2, 0) is 6.54 Å². The Morgan fingerprint density at radius 2 is 2.33 bits per heavy atom. The highest BCUT2D eigenvalue weighted by atomic mass is 35.5. The van der Waals surface area contributed by atoms with Crippen LogP contribution in [0.3, 0.4) is 0 Å². The Bertz CT molecular complexity index is 173. The highest BCUT2D eigenvalue weighted by molar-refractivity contribution is 4.83. The molecule has 0 saturated heterocycles. The second-order valence-corrected chi connectivity index (χ2v) is 1.59. The summed E-state index contributed by atoms with van der Waals surface area (Å²) in [4.78, 5) is 4.00. The predicted molar refractivity (Wildman–Crippen MR) is 27.7 cm³/mol. The van der Waals surface area contributed by atoms with Crippen LogP contribution < -0.4 is 18.1 Å². The Hall–Kier alpha value is -0.610. The van der Waals surface area contributed by atoms with Gasteiger partial charge in [-0.2, -0.15) is 5.10 Å². The number of hydrogen-bond donors (Lipinski definition) is 2. The summed E-state index contributed by atoms with van der Waals surface area (Å²) in [5, 5.41) is 6.55. The summed E-state index contributed by atoms with van der Waals surface area (Å²) in [6.07, 6.45) is 0. The maximum absolute atomic E-state index is 4.00. The molecule has 0 aliphatic heterocycles. The first kappa shape index (κ1) is 8.39. The zero-order chi connectivity index (χ0) is 5.98. The normalized spacial score (nSPS) is 8.67. The van der Waals surface area contributed by atoms with E-state index in [1.807, 2.05) is 6.92 Å². The molecule has 0 radical (unpaired) electrons. The molecule has 4 nitrogen and oxygen atoms in total. The van der Waals surface area contributed by atoms with E-state index in [2.05, 4.69) is 20.9 Å². The minimum Gasteiger partial charge on any atom is -1.00 e. The molecule has 52 valence electrons. The summed E-state index contributed by atoms with van der Waals surface area (Å²) in [5.41, 5.74) is 3.62. The lowest BCUT2D eigenvalue weighted by Crippen LogP contribution is -3.00. The van der Waals surface area contributed by atoms with Gasteiger partial charge in [0.1, 0.15) is 12.4 Å². The number of aromatic amines is 1. The Balaban J connectivity index is 0.000000640. The van der Waals surface area contributed by atoms with Gasteiger partial charge in [-0.05, 0) is 6.92 Å². The number of nitrogens with one attached hydrogen (secondary N) is 1. The monoisotopic (exact) mass is 148 g/mol. The fraction of sp³-hybridized carbons (Fsp3) is 0.500. The zero-order valence-electron chi connectivity index (χ0n) is 5.19. The average molecular weight is 149 g/mol. The van der Waals surface area contributed by atoms with Crippen LogP contribution in [0.1, 0.15) is 11.6 Å². The molecular weight excluding hydrogens is 140 g/mol. The third-order valence-corrected chi connectivity index (χ3v) is 0.867. The summed E-state index contributed by atoms with van der Waals surface area (Å²) in [5.74, 6) is 1.63. The molecule has 0 atom stereocenters. The first-order chi connectivity index (χ1) is 3.83. The Morgan fingerprint density at radius 1 is 1.67 bits per heavy atom. The SMILES string of the molecule is Cc1nc(C[NH3+])n[nH]1.[Cl-]. The maximum atomic E-state index is 4.00. The molecule has 1 rings (SSSR count). The van der Waals surface area contributed by atoms with E-state index in [0.29, 0.717) is 6.54 Å². The van der Waals surface area contributed by atoms with Gasteiger partial charge in [-0.3, -0.25) is 5.10 Å². The van der Waals surface area contributed by atoms with E-state index in [1.165, 1.54) is 0 Å². The van der Waals surface area contributed by atoms with E-state index in [9.17, 15) is 0 Å². The van der Waals surface area contributed by atoms with E-state index in [0.717, 1.165) is 11.6 Å². The highest BCUT2D eigenvalue weighted by Crippen LogP contribution is 1.84. The van der Waals surface area contributed by atoms with E-state index in [1.54, 1.807) is 0 Å². The van der Waals surface area contributed by atoms with E-state index in [-0.39, 0.29) is 12.4 Å². The standard InChI is InChI=1S/C4H8N4.ClH/c1-3-6-4(2-5)8-7-3;/h2,5H2,1H3,(H,6,7,8);1H. The molecule has 0 amide bonds. The fourth-order valence-corrected chi connectivity index (χ4v) is 0.501. The quantitative estimate of drug-likeness (QED) is 0.425.